The molecule has 5 aromatic carbocycles. The Balaban J connectivity index is 0.00000292. The molecule has 0 unspecified atom stereocenters. The molecule has 5 aromatic rings. The molecule has 0 aromatic heterocycles. The van der Waals surface area contributed by atoms with E-state index in [0.717, 1.165) is 41.8 Å². The Morgan fingerprint density at radius 3 is 2.08 bits per heavy atom. The van der Waals surface area contributed by atoms with Crippen LogP contribution >= 0.6 is 0 Å². The number of anilines is 2. The van der Waals surface area contributed by atoms with Crippen LogP contribution in [0.3, 0.4) is 0 Å². The maximum Gasteiger partial charge on any atom is 1.00 e. The number of aryl methyl sites for hydroxylation is 2. The average molecular weight is 746 g/mol. The largest absolute Gasteiger partial charge is 1.00 e. The minimum atomic E-state index is -4.94. The number of rotatable bonds is 9. The fourth-order valence-corrected chi connectivity index (χ4v) is 7.37. The van der Waals surface area contributed by atoms with Crippen molar-refractivity contribution in [2.75, 3.05) is 5.32 Å². The second-order valence-corrected chi connectivity index (χ2v) is 14.9. The maximum absolute atomic E-state index is 13.3. The molecule has 0 amide bonds. The number of azo groups is 1. The summed E-state index contributed by atoms with van der Waals surface area (Å²) in [6.07, 6.45) is 5.97. The molecule has 6 rings (SSSR count). The normalized spacial score (nSPS) is 13.8. The van der Waals surface area contributed by atoms with Gasteiger partial charge in [0.1, 0.15) is 37.9 Å². The minimum absolute atomic E-state index is 0. The third-order valence-electron chi connectivity index (χ3n) is 8.72. The summed E-state index contributed by atoms with van der Waals surface area (Å²) in [6, 6.07) is 22.0. The Labute approximate surface area is 341 Å². The Morgan fingerprint density at radius 2 is 1.45 bits per heavy atom. The van der Waals surface area contributed by atoms with Crippen LogP contribution in [-0.4, -0.2) is 25.9 Å². The summed E-state index contributed by atoms with van der Waals surface area (Å²) in [5, 5.41) is 25.0. The zero-order valence-electron chi connectivity index (χ0n) is 28.7. The van der Waals surface area contributed by atoms with E-state index in [0.29, 0.717) is 23.4 Å². The first kappa shape index (κ1) is 40.9. The zero-order valence-corrected chi connectivity index (χ0v) is 34.3. The molecule has 0 aliphatic heterocycles. The van der Waals surface area contributed by atoms with E-state index >= 15 is 0 Å². The number of benzene rings is 5. The van der Waals surface area contributed by atoms with Gasteiger partial charge in [0.05, 0.1) is 10.6 Å². The number of hydrogen-bond acceptors (Lipinski definition) is 10. The van der Waals surface area contributed by atoms with Gasteiger partial charge in [-0.15, -0.1) is 10.2 Å². The quantitative estimate of drug-likeness (QED) is 0.130. The van der Waals surface area contributed by atoms with E-state index in [-0.39, 0.29) is 87.0 Å². The summed E-state index contributed by atoms with van der Waals surface area (Å²) >= 11 is 0. The van der Waals surface area contributed by atoms with E-state index in [1.165, 1.54) is 43.0 Å². The predicted molar refractivity (Wildman–Crippen MR) is 183 cm³/mol. The van der Waals surface area contributed by atoms with Crippen molar-refractivity contribution in [3.05, 3.63) is 102 Å². The molecule has 11 nitrogen and oxygen atoms in total. The number of para-hydroxylation sites is 1. The van der Waals surface area contributed by atoms with Gasteiger partial charge in [0.15, 0.2) is 0 Å². The Morgan fingerprint density at radius 1 is 0.804 bits per heavy atom. The van der Waals surface area contributed by atoms with Gasteiger partial charge in [0, 0.05) is 17.1 Å². The van der Waals surface area contributed by atoms with Crippen LogP contribution in [0, 0.1) is 13.8 Å². The smallest absolute Gasteiger partial charge is 0.872 e. The summed E-state index contributed by atoms with van der Waals surface area (Å²) in [6.45, 7) is 3.77. The molecule has 1 aliphatic carbocycles. The van der Waals surface area contributed by atoms with Crippen molar-refractivity contribution in [3.63, 3.8) is 0 Å². The van der Waals surface area contributed by atoms with Crippen LogP contribution < -0.4 is 74.3 Å². The fraction of sp³-hybridized carbons (Fsp3) is 0.222. The molecule has 1 saturated carbocycles. The summed E-state index contributed by atoms with van der Waals surface area (Å²) in [4.78, 5) is -1.28. The van der Waals surface area contributed by atoms with Crippen molar-refractivity contribution in [1.82, 2.24) is 0 Å². The SMILES string of the molecule is Cc1cccc(C)c1Nc1ccc2cc(S(=O)(=O)[O-])cc([O-])c2c1N=Nc1ccc(Oc2ccc(C3CCCCC3)cc2)cc1S(=O)(=O)O.[Na+].[Na+]. The molecule has 0 spiro atoms. The van der Waals surface area contributed by atoms with Crippen molar-refractivity contribution in [2.24, 2.45) is 10.2 Å². The molecular formula is C36H33N3Na2O8S2. The molecule has 1 fully saturated rings. The van der Waals surface area contributed by atoms with Gasteiger partial charge in [-0.2, -0.15) is 8.42 Å². The van der Waals surface area contributed by atoms with E-state index in [1.807, 2.05) is 56.3 Å². The van der Waals surface area contributed by atoms with Gasteiger partial charge in [-0.1, -0.05) is 67.5 Å². The van der Waals surface area contributed by atoms with Crippen LogP contribution in [0.4, 0.5) is 22.7 Å². The molecule has 254 valence electrons. The number of fused-ring (bicyclic) bond motifs is 1. The van der Waals surface area contributed by atoms with Crippen LogP contribution in [0.5, 0.6) is 17.2 Å². The van der Waals surface area contributed by atoms with E-state index < -0.39 is 35.8 Å². The maximum atomic E-state index is 13.3. The molecule has 1 aliphatic rings. The van der Waals surface area contributed by atoms with Crippen LogP contribution in [-0.2, 0) is 20.2 Å². The first-order valence-corrected chi connectivity index (χ1v) is 18.5. The van der Waals surface area contributed by atoms with Crippen LogP contribution in [0.25, 0.3) is 10.8 Å². The van der Waals surface area contributed by atoms with Crippen molar-refractivity contribution < 1.29 is 94.9 Å². The number of nitrogens with zero attached hydrogens (tertiary/aromatic N) is 2. The van der Waals surface area contributed by atoms with Crippen molar-refractivity contribution >= 4 is 53.8 Å². The van der Waals surface area contributed by atoms with Crippen molar-refractivity contribution in [2.45, 2.75) is 61.7 Å². The van der Waals surface area contributed by atoms with E-state index in [4.69, 9.17) is 4.74 Å². The Kier molecular flexibility index (Phi) is 13.6. The third-order valence-corrected chi connectivity index (χ3v) is 10.4. The molecule has 0 bridgehead atoms. The molecular weight excluding hydrogens is 713 g/mol. The number of nitrogens with one attached hydrogen (secondary N) is 1. The molecule has 0 saturated heterocycles. The van der Waals surface area contributed by atoms with Gasteiger partial charge in [-0.25, -0.2) is 8.42 Å². The first-order valence-electron chi connectivity index (χ1n) is 15.7. The summed E-state index contributed by atoms with van der Waals surface area (Å²) in [5.41, 5.74) is 3.72. The van der Waals surface area contributed by atoms with Gasteiger partial charge in [-0.3, -0.25) is 4.55 Å². The van der Waals surface area contributed by atoms with Gasteiger partial charge in [0.2, 0.25) is 0 Å². The summed E-state index contributed by atoms with van der Waals surface area (Å²) in [7, 11) is -9.77. The standard InChI is InChI=1S/C36H35N3O8S2.2Na/c1-22-7-6-8-23(2)35(22)37-31-17-13-26-19-29(48(41,42)43)21-32(40)34(26)36(31)39-38-30-18-16-28(20-33(30)49(44,45)46)47-27-14-11-25(12-15-27)24-9-4-3-5-10-24;;/h6-8,11-21,24,37,40H,3-5,9-10H2,1-2H3,(H,41,42,43)(H,44,45,46);;/q;2*+1/p-2. The Hall–Kier alpha value is -2.82. The van der Waals surface area contributed by atoms with Gasteiger partial charge >= 0.3 is 59.1 Å². The fourth-order valence-electron chi connectivity index (χ4n) is 6.21. The number of ether oxygens (including phenoxy) is 1. The number of hydrogen-bond donors (Lipinski definition) is 2. The molecule has 2 N–H and O–H groups in total. The van der Waals surface area contributed by atoms with Crippen molar-refractivity contribution in [1.29, 1.82) is 0 Å². The second-order valence-electron chi connectivity index (χ2n) is 12.1. The molecule has 51 heavy (non-hydrogen) atoms. The topological polar surface area (TPSA) is 181 Å². The van der Waals surface area contributed by atoms with Crippen molar-refractivity contribution in [3.8, 4) is 17.2 Å². The summed E-state index contributed by atoms with van der Waals surface area (Å²) in [5.74, 6) is 0.318. The van der Waals surface area contributed by atoms with Gasteiger partial charge in [0.25, 0.3) is 10.1 Å². The van der Waals surface area contributed by atoms with E-state index in [9.17, 15) is 31.0 Å². The van der Waals surface area contributed by atoms with Crippen LogP contribution in [0.15, 0.2) is 105 Å². The second kappa shape index (κ2) is 16.9. The first-order chi connectivity index (χ1) is 23.3. The predicted octanol–water partition coefficient (Wildman–Crippen LogP) is 2.69. The molecule has 0 atom stereocenters. The Bertz CT molecular complexity index is 2290. The third kappa shape index (κ3) is 9.60. The zero-order chi connectivity index (χ0) is 34.9. The van der Waals surface area contributed by atoms with Crippen LogP contribution in [0.1, 0.15) is 54.7 Å². The summed E-state index contributed by atoms with van der Waals surface area (Å²) < 4.78 is 76.3. The molecule has 0 heterocycles. The molecule has 15 heteroatoms. The molecule has 0 radical (unpaired) electrons. The monoisotopic (exact) mass is 745 g/mol. The average Bonchev–Trinajstić information content (AvgIpc) is 3.06. The van der Waals surface area contributed by atoms with E-state index in [2.05, 4.69) is 15.5 Å². The van der Waals surface area contributed by atoms with Gasteiger partial charge < -0.3 is 19.7 Å². The van der Waals surface area contributed by atoms with Gasteiger partial charge in [-0.05, 0) is 91.1 Å². The van der Waals surface area contributed by atoms with E-state index in [1.54, 1.807) is 6.07 Å². The van der Waals surface area contributed by atoms with Crippen LogP contribution in [0.2, 0.25) is 0 Å². The minimum Gasteiger partial charge on any atom is -0.872 e.